The van der Waals surface area contributed by atoms with Crippen molar-refractivity contribution in [2.75, 3.05) is 24.7 Å². The van der Waals surface area contributed by atoms with Gasteiger partial charge in [0.1, 0.15) is 0 Å². The molecule has 122 valence electrons. The van der Waals surface area contributed by atoms with E-state index in [1.165, 1.54) is 5.56 Å². The van der Waals surface area contributed by atoms with Gasteiger partial charge in [-0.2, -0.15) is 0 Å². The summed E-state index contributed by atoms with van der Waals surface area (Å²) in [6, 6.07) is 13.8. The Labute approximate surface area is 141 Å². The number of para-hydroxylation sites is 1. The standard InChI is InChI=1S/C20H19NO3/c22-20(21-11-10-16-4-1-2-5-17(16)21)9-7-15-6-8-18-19(14-15)24-13-3-12-23-18/h1-2,4-9,14H,3,10-13H2. The molecule has 0 bridgehead atoms. The summed E-state index contributed by atoms with van der Waals surface area (Å²) in [5.74, 6) is 1.52. The number of carbonyl (C=O) groups is 1. The smallest absolute Gasteiger partial charge is 0.251 e. The van der Waals surface area contributed by atoms with Gasteiger partial charge in [-0.25, -0.2) is 0 Å². The molecule has 2 aliphatic rings. The van der Waals surface area contributed by atoms with Gasteiger partial charge in [0.05, 0.1) is 13.2 Å². The number of nitrogens with zero attached hydrogens (tertiary/aromatic N) is 1. The predicted octanol–water partition coefficient (Wildman–Crippen LogP) is 3.45. The zero-order valence-corrected chi connectivity index (χ0v) is 13.4. The minimum atomic E-state index is 0.00654. The Hall–Kier alpha value is -2.75. The van der Waals surface area contributed by atoms with Crippen LogP contribution in [-0.2, 0) is 11.2 Å². The van der Waals surface area contributed by atoms with Crippen LogP contribution in [-0.4, -0.2) is 25.7 Å². The van der Waals surface area contributed by atoms with Crippen molar-refractivity contribution in [3.8, 4) is 11.5 Å². The molecule has 0 saturated heterocycles. The highest BCUT2D eigenvalue weighted by atomic mass is 16.5. The fourth-order valence-corrected chi connectivity index (χ4v) is 3.11. The SMILES string of the molecule is O=C(C=Cc1ccc2c(c1)OCCCO2)N1CCc2ccccc21. The zero-order chi connectivity index (χ0) is 16.4. The third-order valence-corrected chi connectivity index (χ3v) is 4.34. The lowest BCUT2D eigenvalue weighted by molar-refractivity contribution is -0.114. The number of carbonyl (C=O) groups excluding carboxylic acids is 1. The van der Waals surface area contributed by atoms with E-state index in [4.69, 9.17) is 9.47 Å². The first-order valence-electron chi connectivity index (χ1n) is 8.28. The summed E-state index contributed by atoms with van der Waals surface area (Å²) in [5, 5.41) is 0. The molecule has 0 fully saturated rings. The van der Waals surface area contributed by atoms with Crippen LogP contribution in [0.3, 0.4) is 0 Å². The van der Waals surface area contributed by atoms with E-state index in [0.29, 0.717) is 13.2 Å². The van der Waals surface area contributed by atoms with Crippen LogP contribution in [0.15, 0.2) is 48.5 Å². The fraction of sp³-hybridized carbons (Fsp3) is 0.250. The summed E-state index contributed by atoms with van der Waals surface area (Å²) in [7, 11) is 0. The van der Waals surface area contributed by atoms with Gasteiger partial charge in [-0.15, -0.1) is 0 Å². The molecule has 24 heavy (non-hydrogen) atoms. The molecule has 4 heteroatoms. The molecule has 0 N–H and O–H groups in total. The third kappa shape index (κ3) is 2.87. The lowest BCUT2D eigenvalue weighted by Gasteiger charge is -2.14. The van der Waals surface area contributed by atoms with Crippen LogP contribution in [0.4, 0.5) is 5.69 Å². The van der Waals surface area contributed by atoms with Crippen molar-refractivity contribution < 1.29 is 14.3 Å². The summed E-state index contributed by atoms with van der Waals surface area (Å²) in [4.78, 5) is 14.3. The lowest BCUT2D eigenvalue weighted by atomic mass is 10.1. The Kier molecular flexibility index (Phi) is 3.95. The van der Waals surface area contributed by atoms with E-state index in [1.807, 2.05) is 47.4 Å². The molecule has 0 unspecified atom stereocenters. The van der Waals surface area contributed by atoms with Gasteiger partial charge in [-0.05, 0) is 41.8 Å². The number of fused-ring (bicyclic) bond motifs is 2. The van der Waals surface area contributed by atoms with E-state index < -0.39 is 0 Å². The van der Waals surface area contributed by atoms with Crippen LogP contribution in [0, 0.1) is 0 Å². The molecule has 0 aromatic heterocycles. The van der Waals surface area contributed by atoms with Crippen molar-refractivity contribution in [1.82, 2.24) is 0 Å². The maximum atomic E-state index is 12.5. The van der Waals surface area contributed by atoms with Crippen molar-refractivity contribution in [1.29, 1.82) is 0 Å². The Balaban J connectivity index is 1.51. The summed E-state index contributed by atoms with van der Waals surface area (Å²) in [6.07, 6.45) is 5.26. The van der Waals surface area contributed by atoms with Gasteiger partial charge in [0.2, 0.25) is 0 Å². The average molecular weight is 321 g/mol. The number of hydrogen-bond acceptors (Lipinski definition) is 3. The van der Waals surface area contributed by atoms with E-state index >= 15 is 0 Å². The molecule has 0 aliphatic carbocycles. The van der Waals surface area contributed by atoms with Gasteiger partial charge in [0.15, 0.2) is 11.5 Å². The summed E-state index contributed by atoms with van der Waals surface area (Å²) in [5.41, 5.74) is 3.18. The fourth-order valence-electron chi connectivity index (χ4n) is 3.11. The van der Waals surface area contributed by atoms with Crippen molar-refractivity contribution >= 4 is 17.7 Å². The number of ether oxygens (including phenoxy) is 2. The second-order valence-corrected chi connectivity index (χ2v) is 5.96. The van der Waals surface area contributed by atoms with Crippen LogP contribution in [0.1, 0.15) is 17.5 Å². The van der Waals surface area contributed by atoms with Crippen LogP contribution in [0.2, 0.25) is 0 Å². The van der Waals surface area contributed by atoms with Gasteiger partial charge < -0.3 is 14.4 Å². The number of amides is 1. The van der Waals surface area contributed by atoms with Crippen LogP contribution < -0.4 is 14.4 Å². The molecule has 0 saturated carbocycles. The number of rotatable bonds is 2. The molecular weight excluding hydrogens is 302 g/mol. The molecule has 2 aromatic carbocycles. The van der Waals surface area contributed by atoms with Crippen molar-refractivity contribution in [2.24, 2.45) is 0 Å². The van der Waals surface area contributed by atoms with Crippen molar-refractivity contribution in [3.63, 3.8) is 0 Å². The Morgan fingerprint density at radius 1 is 1.04 bits per heavy atom. The Morgan fingerprint density at radius 3 is 2.79 bits per heavy atom. The highest BCUT2D eigenvalue weighted by molar-refractivity contribution is 6.05. The largest absolute Gasteiger partial charge is 0.490 e. The van der Waals surface area contributed by atoms with Gasteiger partial charge in [-0.1, -0.05) is 24.3 Å². The molecule has 0 radical (unpaired) electrons. The molecule has 4 nitrogen and oxygen atoms in total. The van der Waals surface area contributed by atoms with Gasteiger partial charge in [0, 0.05) is 24.7 Å². The first-order valence-corrected chi connectivity index (χ1v) is 8.28. The van der Waals surface area contributed by atoms with E-state index in [-0.39, 0.29) is 5.91 Å². The maximum absolute atomic E-state index is 12.5. The Morgan fingerprint density at radius 2 is 1.88 bits per heavy atom. The summed E-state index contributed by atoms with van der Waals surface area (Å²) in [6.45, 7) is 2.07. The van der Waals surface area contributed by atoms with E-state index in [2.05, 4.69) is 6.07 Å². The molecule has 0 atom stereocenters. The van der Waals surface area contributed by atoms with E-state index in [0.717, 1.165) is 42.1 Å². The minimum Gasteiger partial charge on any atom is -0.490 e. The van der Waals surface area contributed by atoms with E-state index in [1.54, 1.807) is 6.08 Å². The van der Waals surface area contributed by atoms with Crippen LogP contribution >= 0.6 is 0 Å². The Bertz CT molecular complexity index is 797. The van der Waals surface area contributed by atoms with Crippen LogP contribution in [0.25, 0.3) is 6.08 Å². The topological polar surface area (TPSA) is 38.8 Å². The van der Waals surface area contributed by atoms with Crippen molar-refractivity contribution in [3.05, 3.63) is 59.7 Å². The number of anilines is 1. The molecule has 4 rings (SSSR count). The average Bonchev–Trinajstić information content (AvgIpc) is 2.91. The molecule has 2 aliphatic heterocycles. The highest BCUT2D eigenvalue weighted by Gasteiger charge is 2.22. The van der Waals surface area contributed by atoms with Gasteiger partial charge in [0.25, 0.3) is 5.91 Å². The van der Waals surface area contributed by atoms with Crippen molar-refractivity contribution in [2.45, 2.75) is 12.8 Å². The molecule has 0 spiro atoms. The van der Waals surface area contributed by atoms with Crippen LogP contribution in [0.5, 0.6) is 11.5 Å². The monoisotopic (exact) mass is 321 g/mol. The lowest BCUT2D eigenvalue weighted by Crippen LogP contribution is -2.26. The normalized spacial score (nSPS) is 16.1. The molecule has 1 amide bonds. The number of hydrogen-bond donors (Lipinski definition) is 0. The molecule has 2 aromatic rings. The summed E-state index contributed by atoms with van der Waals surface area (Å²) < 4.78 is 11.3. The minimum absolute atomic E-state index is 0.00654. The maximum Gasteiger partial charge on any atom is 0.251 e. The zero-order valence-electron chi connectivity index (χ0n) is 13.4. The number of benzene rings is 2. The molecular formula is C20H19NO3. The third-order valence-electron chi connectivity index (χ3n) is 4.34. The molecule has 2 heterocycles. The van der Waals surface area contributed by atoms with Gasteiger partial charge in [-0.3, -0.25) is 4.79 Å². The predicted molar refractivity (Wildman–Crippen MR) is 93.6 cm³/mol. The first-order chi connectivity index (χ1) is 11.8. The summed E-state index contributed by atoms with van der Waals surface area (Å²) >= 11 is 0. The van der Waals surface area contributed by atoms with E-state index in [9.17, 15) is 4.79 Å². The van der Waals surface area contributed by atoms with Gasteiger partial charge >= 0.3 is 0 Å². The highest BCUT2D eigenvalue weighted by Crippen LogP contribution is 2.31. The quantitative estimate of drug-likeness (QED) is 0.795. The second-order valence-electron chi connectivity index (χ2n) is 5.96. The second kappa shape index (κ2) is 6.40. The first kappa shape index (κ1) is 14.8.